The van der Waals surface area contributed by atoms with E-state index in [1.807, 2.05) is 11.9 Å². The summed E-state index contributed by atoms with van der Waals surface area (Å²) in [5, 5.41) is 13.9. The van der Waals surface area contributed by atoms with Gasteiger partial charge in [0.15, 0.2) is 11.8 Å². The van der Waals surface area contributed by atoms with Gasteiger partial charge in [-0.25, -0.2) is 15.1 Å². The number of hydrogen-bond donors (Lipinski definition) is 0. The maximum atomic E-state index is 11.0. The van der Waals surface area contributed by atoms with Gasteiger partial charge in [0.25, 0.3) is 5.96 Å². The van der Waals surface area contributed by atoms with Crippen LogP contribution in [0.4, 0.5) is 0 Å². The Kier molecular flexibility index (Phi) is 5.88. The molecule has 0 N–H and O–H groups in total. The number of rotatable bonds is 5. The number of esters is 1. The lowest BCUT2D eigenvalue weighted by molar-refractivity contribution is -0.486. The number of pyridine rings is 1. The zero-order valence-electron chi connectivity index (χ0n) is 13.3. The van der Waals surface area contributed by atoms with Crippen molar-refractivity contribution in [3.8, 4) is 0 Å². The van der Waals surface area contributed by atoms with Crippen LogP contribution in [0, 0.1) is 10.1 Å². The molecule has 1 aliphatic heterocycles. The Labute approximate surface area is 143 Å². The van der Waals surface area contributed by atoms with Gasteiger partial charge in [0, 0.05) is 19.7 Å². The first-order chi connectivity index (χ1) is 11.3. The quantitative estimate of drug-likeness (QED) is 0.330. The number of nitrogens with zero attached hydrogens (tertiary/aromatic N) is 6. The SMILES string of the molecule is CC(=O)OCN1CN(C)CN(Cc2ccc(Cl)nc2)/C1=N\[N+](=O)[O-]. The lowest BCUT2D eigenvalue weighted by Gasteiger charge is -2.41. The Morgan fingerprint density at radius 2 is 2.17 bits per heavy atom. The van der Waals surface area contributed by atoms with E-state index in [0.717, 1.165) is 5.56 Å². The van der Waals surface area contributed by atoms with Crippen LogP contribution in [0.25, 0.3) is 0 Å². The highest BCUT2D eigenvalue weighted by Crippen LogP contribution is 2.15. The van der Waals surface area contributed by atoms with Crippen molar-refractivity contribution in [3.63, 3.8) is 0 Å². The van der Waals surface area contributed by atoms with Gasteiger partial charge < -0.3 is 9.64 Å². The predicted molar refractivity (Wildman–Crippen MR) is 85.2 cm³/mol. The summed E-state index contributed by atoms with van der Waals surface area (Å²) in [5.74, 6) is -0.355. The van der Waals surface area contributed by atoms with E-state index < -0.39 is 11.0 Å². The fourth-order valence-corrected chi connectivity index (χ4v) is 2.37. The van der Waals surface area contributed by atoms with Crippen LogP contribution in [0.3, 0.4) is 0 Å². The maximum absolute atomic E-state index is 11.0. The molecule has 1 aliphatic rings. The minimum Gasteiger partial charge on any atom is -0.444 e. The molecule has 11 heteroatoms. The first-order valence-corrected chi connectivity index (χ1v) is 7.38. The third-order valence-corrected chi connectivity index (χ3v) is 3.37. The monoisotopic (exact) mass is 356 g/mol. The molecule has 0 radical (unpaired) electrons. The van der Waals surface area contributed by atoms with Gasteiger partial charge in [0.2, 0.25) is 0 Å². The number of ether oxygens (including phenoxy) is 1. The van der Waals surface area contributed by atoms with Crippen molar-refractivity contribution >= 4 is 23.5 Å². The van der Waals surface area contributed by atoms with E-state index in [1.54, 1.807) is 23.2 Å². The third-order valence-electron chi connectivity index (χ3n) is 3.15. The Bertz CT molecular complexity index is 638. The van der Waals surface area contributed by atoms with Crippen molar-refractivity contribution in [2.75, 3.05) is 27.1 Å². The lowest BCUT2D eigenvalue weighted by Crippen LogP contribution is -2.58. The van der Waals surface area contributed by atoms with Crippen LogP contribution in [-0.2, 0) is 16.1 Å². The number of carbonyl (C=O) groups is 1. The second-order valence-electron chi connectivity index (χ2n) is 5.27. The van der Waals surface area contributed by atoms with Crippen LogP contribution in [0.2, 0.25) is 5.15 Å². The fraction of sp³-hybridized carbons (Fsp3) is 0.462. The van der Waals surface area contributed by atoms with Gasteiger partial charge in [-0.15, -0.1) is 0 Å². The molecule has 2 rings (SSSR count). The van der Waals surface area contributed by atoms with Crippen molar-refractivity contribution in [1.29, 1.82) is 0 Å². The molecule has 1 aromatic rings. The second kappa shape index (κ2) is 7.88. The molecule has 0 aromatic carbocycles. The second-order valence-corrected chi connectivity index (χ2v) is 5.66. The van der Waals surface area contributed by atoms with E-state index in [2.05, 4.69) is 10.1 Å². The topological polar surface area (TPSA) is 104 Å². The van der Waals surface area contributed by atoms with Gasteiger partial charge in [-0.05, 0) is 18.7 Å². The van der Waals surface area contributed by atoms with E-state index in [0.29, 0.717) is 25.0 Å². The predicted octanol–water partition coefficient (Wildman–Crippen LogP) is 0.768. The van der Waals surface area contributed by atoms with Crippen molar-refractivity contribution in [1.82, 2.24) is 19.7 Å². The molecule has 10 nitrogen and oxygen atoms in total. The zero-order valence-corrected chi connectivity index (χ0v) is 14.0. The van der Waals surface area contributed by atoms with Crippen LogP contribution < -0.4 is 0 Å². The number of aromatic nitrogens is 1. The summed E-state index contributed by atoms with van der Waals surface area (Å²) in [4.78, 5) is 31.0. The molecule has 0 spiro atoms. The molecule has 130 valence electrons. The number of nitro groups is 1. The summed E-state index contributed by atoms with van der Waals surface area (Å²) < 4.78 is 4.96. The van der Waals surface area contributed by atoms with Gasteiger partial charge in [0.05, 0.1) is 13.3 Å². The minimum absolute atomic E-state index is 0.120. The molecular weight excluding hydrogens is 340 g/mol. The summed E-state index contributed by atoms with van der Waals surface area (Å²) >= 11 is 5.77. The number of hydrazone groups is 1. The molecule has 0 saturated carbocycles. The number of hydrogen-bond acceptors (Lipinski definition) is 6. The van der Waals surface area contributed by atoms with Crippen LogP contribution in [0.15, 0.2) is 23.4 Å². The van der Waals surface area contributed by atoms with E-state index in [1.165, 1.54) is 11.8 Å². The molecule has 0 unspecified atom stereocenters. The van der Waals surface area contributed by atoms with E-state index in [4.69, 9.17) is 16.3 Å². The van der Waals surface area contributed by atoms with E-state index in [9.17, 15) is 14.9 Å². The smallest absolute Gasteiger partial charge is 0.304 e. The highest BCUT2D eigenvalue weighted by atomic mass is 35.5. The summed E-state index contributed by atoms with van der Waals surface area (Å²) in [6, 6.07) is 3.43. The van der Waals surface area contributed by atoms with Gasteiger partial charge >= 0.3 is 5.97 Å². The Balaban J connectivity index is 2.22. The molecule has 1 fully saturated rings. The highest BCUT2D eigenvalue weighted by Gasteiger charge is 2.30. The van der Waals surface area contributed by atoms with Crippen molar-refractivity contribution in [2.45, 2.75) is 13.5 Å². The van der Waals surface area contributed by atoms with Gasteiger partial charge in [-0.2, -0.15) is 0 Å². The largest absolute Gasteiger partial charge is 0.444 e. The molecule has 1 aromatic heterocycles. The lowest BCUT2D eigenvalue weighted by atomic mass is 10.2. The van der Waals surface area contributed by atoms with Crippen LogP contribution in [-0.4, -0.2) is 63.8 Å². The zero-order chi connectivity index (χ0) is 17.7. The van der Waals surface area contributed by atoms with Gasteiger partial charge in [-0.1, -0.05) is 17.7 Å². The number of halogens is 1. The van der Waals surface area contributed by atoms with Crippen molar-refractivity contribution < 1.29 is 14.6 Å². The summed E-state index contributed by atoms with van der Waals surface area (Å²) in [5.41, 5.74) is 0.818. The normalized spacial score (nSPS) is 17.2. The summed E-state index contributed by atoms with van der Waals surface area (Å²) in [6.45, 7) is 2.26. The van der Waals surface area contributed by atoms with Crippen LogP contribution in [0.5, 0.6) is 0 Å². The average Bonchev–Trinajstić information content (AvgIpc) is 2.50. The Morgan fingerprint density at radius 3 is 2.75 bits per heavy atom. The Morgan fingerprint density at radius 1 is 1.46 bits per heavy atom. The van der Waals surface area contributed by atoms with E-state index in [-0.39, 0.29) is 12.7 Å². The number of carbonyl (C=O) groups excluding carboxylic acids is 1. The van der Waals surface area contributed by atoms with Crippen LogP contribution in [0.1, 0.15) is 12.5 Å². The van der Waals surface area contributed by atoms with Crippen molar-refractivity contribution in [2.24, 2.45) is 5.10 Å². The standard InChI is InChI=1S/C13H17ClN6O4/c1-10(21)24-9-19-8-17(2)7-18(13(19)16-20(22)23)6-11-3-4-12(14)15-5-11/h3-5H,6-9H2,1-2H3/b16-13+. The fourth-order valence-electron chi connectivity index (χ4n) is 2.26. The first kappa shape index (κ1) is 17.9. The van der Waals surface area contributed by atoms with E-state index >= 15 is 0 Å². The average molecular weight is 357 g/mol. The molecule has 1 saturated heterocycles. The molecule has 0 atom stereocenters. The maximum Gasteiger partial charge on any atom is 0.304 e. The highest BCUT2D eigenvalue weighted by molar-refractivity contribution is 6.29. The molecule has 0 amide bonds. The molecular formula is C13H17ClN6O4. The molecule has 2 heterocycles. The molecule has 24 heavy (non-hydrogen) atoms. The van der Waals surface area contributed by atoms with Crippen molar-refractivity contribution in [3.05, 3.63) is 39.2 Å². The molecule has 0 bridgehead atoms. The summed E-state index contributed by atoms with van der Waals surface area (Å²) in [7, 11) is 1.84. The van der Waals surface area contributed by atoms with Crippen LogP contribution >= 0.6 is 11.6 Å². The Hall–Kier alpha value is -2.46. The molecule has 0 aliphatic carbocycles. The minimum atomic E-state index is -0.769. The van der Waals surface area contributed by atoms with Gasteiger partial charge in [0.1, 0.15) is 10.3 Å². The third kappa shape index (κ3) is 5.03. The summed E-state index contributed by atoms with van der Waals surface area (Å²) in [6.07, 6.45) is 1.59. The van der Waals surface area contributed by atoms with Gasteiger partial charge in [-0.3, -0.25) is 14.6 Å². The first-order valence-electron chi connectivity index (χ1n) is 7.00. The number of guanidine groups is 1.